The zero-order valence-corrected chi connectivity index (χ0v) is 9.85. The summed E-state index contributed by atoms with van der Waals surface area (Å²) in [6.45, 7) is 5.86. The van der Waals surface area contributed by atoms with E-state index >= 15 is 0 Å². The van der Waals surface area contributed by atoms with Gasteiger partial charge in [-0.1, -0.05) is 6.07 Å². The summed E-state index contributed by atoms with van der Waals surface area (Å²) in [6.07, 6.45) is 1.83. The maximum atomic E-state index is 13.6. The Labute approximate surface area is 95.8 Å². The molecule has 3 heteroatoms. The van der Waals surface area contributed by atoms with E-state index in [1.54, 1.807) is 12.1 Å². The van der Waals surface area contributed by atoms with Crippen molar-refractivity contribution in [2.24, 2.45) is 0 Å². The fourth-order valence-electron chi connectivity index (χ4n) is 2.01. The van der Waals surface area contributed by atoms with Crippen LogP contribution in [0.4, 0.5) is 4.39 Å². The molecular formula is C13H18FNO. The van der Waals surface area contributed by atoms with Gasteiger partial charge in [-0.05, 0) is 57.5 Å². The van der Waals surface area contributed by atoms with Gasteiger partial charge in [0.25, 0.3) is 0 Å². The maximum absolute atomic E-state index is 13.6. The molecule has 1 saturated heterocycles. The number of piperidine rings is 1. The van der Waals surface area contributed by atoms with E-state index in [0.29, 0.717) is 5.75 Å². The summed E-state index contributed by atoms with van der Waals surface area (Å²) in [5.41, 5.74) is 0.786. The first-order valence-electron chi connectivity index (χ1n) is 5.75. The Bertz CT molecular complexity index is 372. The molecule has 1 aliphatic rings. The van der Waals surface area contributed by atoms with Gasteiger partial charge in [-0.2, -0.15) is 0 Å². The molecule has 0 aromatic heterocycles. The van der Waals surface area contributed by atoms with E-state index in [2.05, 4.69) is 12.2 Å². The van der Waals surface area contributed by atoms with Crippen LogP contribution in [0.2, 0.25) is 0 Å². The van der Waals surface area contributed by atoms with E-state index in [0.717, 1.165) is 31.5 Å². The van der Waals surface area contributed by atoms with Gasteiger partial charge in [0.2, 0.25) is 0 Å². The van der Waals surface area contributed by atoms with Crippen LogP contribution in [0.5, 0.6) is 5.75 Å². The number of nitrogens with one attached hydrogen (secondary N) is 1. The molecule has 1 N–H and O–H groups in total. The summed E-state index contributed by atoms with van der Waals surface area (Å²) >= 11 is 0. The van der Waals surface area contributed by atoms with Crippen molar-refractivity contribution in [1.29, 1.82) is 0 Å². The molecule has 1 aliphatic heterocycles. The van der Waals surface area contributed by atoms with Gasteiger partial charge in [-0.15, -0.1) is 0 Å². The third-order valence-electron chi connectivity index (χ3n) is 3.10. The van der Waals surface area contributed by atoms with Gasteiger partial charge < -0.3 is 10.1 Å². The van der Waals surface area contributed by atoms with Crippen molar-refractivity contribution in [3.8, 4) is 5.75 Å². The number of ether oxygens (including phenoxy) is 1. The Balaban J connectivity index is 2.15. The molecule has 2 rings (SSSR count). The van der Waals surface area contributed by atoms with Crippen LogP contribution in [-0.2, 0) is 0 Å². The van der Waals surface area contributed by atoms with E-state index in [9.17, 15) is 4.39 Å². The van der Waals surface area contributed by atoms with Gasteiger partial charge in [0.05, 0.1) is 0 Å². The van der Waals surface area contributed by atoms with Crippen LogP contribution in [0.25, 0.3) is 0 Å². The smallest absolute Gasteiger partial charge is 0.165 e. The number of hydrogen-bond donors (Lipinski definition) is 1. The minimum absolute atomic E-state index is 0.236. The molecule has 1 aromatic carbocycles. The molecule has 0 atom stereocenters. The van der Waals surface area contributed by atoms with Gasteiger partial charge in [0.15, 0.2) is 11.6 Å². The maximum Gasteiger partial charge on any atom is 0.165 e. The first-order chi connectivity index (χ1) is 7.59. The normalized spacial score (nSPS) is 19.4. The second-order valence-electron chi connectivity index (χ2n) is 4.74. The van der Waals surface area contributed by atoms with Crippen LogP contribution < -0.4 is 10.1 Å². The quantitative estimate of drug-likeness (QED) is 0.832. The highest BCUT2D eigenvalue weighted by Crippen LogP contribution is 2.28. The lowest BCUT2D eigenvalue weighted by Crippen LogP contribution is -2.44. The number of hydrogen-bond acceptors (Lipinski definition) is 2. The van der Waals surface area contributed by atoms with Gasteiger partial charge >= 0.3 is 0 Å². The summed E-state index contributed by atoms with van der Waals surface area (Å²) in [5, 5.41) is 3.28. The number of halogens is 1. The molecule has 0 aliphatic carbocycles. The van der Waals surface area contributed by atoms with Crippen LogP contribution in [0.15, 0.2) is 18.2 Å². The SMILES string of the molecule is Cc1ccc(F)c(OC2(C)CCNCC2)c1. The molecule has 88 valence electrons. The first-order valence-corrected chi connectivity index (χ1v) is 5.75. The zero-order chi connectivity index (χ0) is 11.6. The number of benzene rings is 1. The second kappa shape index (κ2) is 4.42. The van der Waals surface area contributed by atoms with Gasteiger partial charge in [-0.3, -0.25) is 0 Å². The van der Waals surface area contributed by atoms with E-state index in [1.165, 1.54) is 6.07 Å². The van der Waals surface area contributed by atoms with Crippen LogP contribution in [0.1, 0.15) is 25.3 Å². The van der Waals surface area contributed by atoms with Gasteiger partial charge in [0, 0.05) is 0 Å². The van der Waals surface area contributed by atoms with Crippen LogP contribution in [0.3, 0.4) is 0 Å². The molecular weight excluding hydrogens is 205 g/mol. The molecule has 0 amide bonds. The standard InChI is InChI=1S/C13H18FNO/c1-10-3-4-11(14)12(9-10)16-13(2)5-7-15-8-6-13/h3-4,9,15H,5-8H2,1-2H3. The summed E-state index contributed by atoms with van der Waals surface area (Å²) in [4.78, 5) is 0. The highest BCUT2D eigenvalue weighted by atomic mass is 19.1. The summed E-state index contributed by atoms with van der Waals surface area (Å²) in [7, 11) is 0. The van der Waals surface area contributed by atoms with Crippen molar-refractivity contribution in [2.75, 3.05) is 13.1 Å². The van der Waals surface area contributed by atoms with Gasteiger partial charge in [-0.25, -0.2) is 4.39 Å². The van der Waals surface area contributed by atoms with Gasteiger partial charge in [0.1, 0.15) is 5.60 Å². The summed E-state index contributed by atoms with van der Waals surface area (Å²) in [6, 6.07) is 4.99. The second-order valence-corrected chi connectivity index (χ2v) is 4.74. The van der Waals surface area contributed by atoms with Crippen molar-refractivity contribution in [3.05, 3.63) is 29.6 Å². The van der Waals surface area contributed by atoms with E-state index in [4.69, 9.17) is 4.74 Å². The summed E-state index contributed by atoms with van der Waals surface area (Å²) < 4.78 is 19.4. The lowest BCUT2D eigenvalue weighted by Gasteiger charge is -2.34. The predicted octanol–water partition coefficient (Wildman–Crippen LogP) is 2.66. The minimum atomic E-state index is -0.273. The predicted molar refractivity (Wildman–Crippen MR) is 62.3 cm³/mol. The Morgan fingerprint density at radius 1 is 1.31 bits per heavy atom. The third kappa shape index (κ3) is 2.53. The molecule has 2 nitrogen and oxygen atoms in total. The fraction of sp³-hybridized carbons (Fsp3) is 0.538. The summed E-state index contributed by atoms with van der Waals surface area (Å²) in [5.74, 6) is 0.106. The van der Waals surface area contributed by atoms with Crippen molar-refractivity contribution < 1.29 is 9.13 Å². The van der Waals surface area contributed by atoms with E-state index < -0.39 is 0 Å². The fourth-order valence-corrected chi connectivity index (χ4v) is 2.01. The number of aryl methyl sites for hydroxylation is 1. The third-order valence-corrected chi connectivity index (χ3v) is 3.10. The van der Waals surface area contributed by atoms with Crippen LogP contribution in [-0.4, -0.2) is 18.7 Å². The monoisotopic (exact) mass is 223 g/mol. The lowest BCUT2D eigenvalue weighted by atomic mass is 9.94. The topological polar surface area (TPSA) is 21.3 Å². The van der Waals surface area contributed by atoms with Crippen molar-refractivity contribution in [2.45, 2.75) is 32.3 Å². The Hall–Kier alpha value is -1.09. The molecule has 0 unspecified atom stereocenters. The molecule has 1 aromatic rings. The highest BCUT2D eigenvalue weighted by molar-refractivity contribution is 5.30. The zero-order valence-electron chi connectivity index (χ0n) is 9.85. The van der Waals surface area contributed by atoms with Crippen molar-refractivity contribution >= 4 is 0 Å². The average molecular weight is 223 g/mol. The van der Waals surface area contributed by atoms with Crippen molar-refractivity contribution in [3.63, 3.8) is 0 Å². The van der Waals surface area contributed by atoms with Crippen LogP contribution >= 0.6 is 0 Å². The van der Waals surface area contributed by atoms with E-state index in [1.807, 2.05) is 6.92 Å². The Morgan fingerprint density at radius 2 is 2.00 bits per heavy atom. The molecule has 0 spiro atoms. The first kappa shape index (κ1) is 11.4. The molecule has 0 bridgehead atoms. The molecule has 0 radical (unpaired) electrons. The minimum Gasteiger partial charge on any atom is -0.484 e. The number of rotatable bonds is 2. The molecule has 1 heterocycles. The molecule has 16 heavy (non-hydrogen) atoms. The van der Waals surface area contributed by atoms with Crippen molar-refractivity contribution in [1.82, 2.24) is 5.32 Å². The average Bonchev–Trinajstić information content (AvgIpc) is 2.24. The van der Waals surface area contributed by atoms with Crippen LogP contribution in [0, 0.1) is 12.7 Å². The van der Waals surface area contributed by atoms with E-state index in [-0.39, 0.29) is 11.4 Å². The molecule has 1 fully saturated rings. The Kier molecular flexibility index (Phi) is 3.15. The highest BCUT2D eigenvalue weighted by Gasteiger charge is 2.29. The largest absolute Gasteiger partial charge is 0.484 e. The Morgan fingerprint density at radius 3 is 2.69 bits per heavy atom. The molecule has 0 saturated carbocycles. The lowest BCUT2D eigenvalue weighted by molar-refractivity contribution is 0.0514.